The van der Waals surface area contributed by atoms with Crippen molar-refractivity contribution in [3.8, 4) is 0 Å². The molecular weight excluding hydrogens is 255 g/mol. The number of halogens is 3. The van der Waals surface area contributed by atoms with E-state index in [2.05, 4.69) is 11.9 Å². The van der Waals surface area contributed by atoms with Crippen LogP contribution in [0.5, 0.6) is 0 Å². The highest BCUT2D eigenvalue weighted by Gasteiger charge is 2.32. The molecule has 106 valence electrons. The SMILES string of the molecule is CC1CCC(C(O)c2ccc(C(F)(F)F)cn2)CC1. The molecular formula is C14H18F3NO. The molecule has 1 unspecified atom stereocenters. The topological polar surface area (TPSA) is 33.1 Å². The van der Waals surface area contributed by atoms with Gasteiger partial charge in [-0.05, 0) is 36.8 Å². The number of aromatic nitrogens is 1. The van der Waals surface area contributed by atoms with E-state index in [9.17, 15) is 18.3 Å². The van der Waals surface area contributed by atoms with Gasteiger partial charge in [0.25, 0.3) is 0 Å². The Balaban J connectivity index is 2.05. The van der Waals surface area contributed by atoms with Crippen molar-refractivity contribution in [3.63, 3.8) is 0 Å². The number of aliphatic hydroxyl groups excluding tert-OH is 1. The average Bonchev–Trinajstić information content (AvgIpc) is 2.38. The number of alkyl halides is 3. The zero-order chi connectivity index (χ0) is 14.0. The second-order valence-corrected chi connectivity index (χ2v) is 5.43. The quantitative estimate of drug-likeness (QED) is 0.884. The van der Waals surface area contributed by atoms with Crippen molar-refractivity contribution in [2.45, 2.75) is 44.9 Å². The molecule has 2 rings (SSSR count). The van der Waals surface area contributed by atoms with Crippen LogP contribution in [0.2, 0.25) is 0 Å². The summed E-state index contributed by atoms with van der Waals surface area (Å²) in [5.41, 5.74) is -0.437. The molecule has 1 aliphatic rings. The van der Waals surface area contributed by atoms with Crippen molar-refractivity contribution < 1.29 is 18.3 Å². The van der Waals surface area contributed by atoms with E-state index >= 15 is 0 Å². The van der Waals surface area contributed by atoms with Crippen LogP contribution in [0.15, 0.2) is 18.3 Å². The standard InChI is InChI=1S/C14H18F3NO/c1-9-2-4-10(5-3-9)13(19)12-7-6-11(8-18-12)14(15,16)17/h6-10,13,19H,2-5H2,1H3. The number of pyridine rings is 1. The summed E-state index contributed by atoms with van der Waals surface area (Å²) in [7, 11) is 0. The molecule has 1 atom stereocenters. The smallest absolute Gasteiger partial charge is 0.387 e. The van der Waals surface area contributed by atoms with E-state index in [0.717, 1.165) is 37.9 Å². The monoisotopic (exact) mass is 273 g/mol. The summed E-state index contributed by atoms with van der Waals surface area (Å²) in [4.78, 5) is 3.77. The maximum atomic E-state index is 12.4. The maximum Gasteiger partial charge on any atom is 0.417 e. The van der Waals surface area contributed by atoms with Crippen molar-refractivity contribution in [2.75, 3.05) is 0 Å². The van der Waals surface area contributed by atoms with Gasteiger partial charge in [0.15, 0.2) is 0 Å². The Morgan fingerprint density at radius 3 is 2.32 bits per heavy atom. The summed E-state index contributed by atoms with van der Waals surface area (Å²) in [6, 6.07) is 2.27. The van der Waals surface area contributed by atoms with Crippen molar-refractivity contribution in [1.82, 2.24) is 4.98 Å². The van der Waals surface area contributed by atoms with Crippen molar-refractivity contribution >= 4 is 0 Å². The van der Waals surface area contributed by atoms with Gasteiger partial charge >= 0.3 is 6.18 Å². The Hall–Kier alpha value is -1.10. The molecule has 1 saturated carbocycles. The second-order valence-electron chi connectivity index (χ2n) is 5.43. The molecule has 1 fully saturated rings. The van der Waals surface area contributed by atoms with E-state index in [0.29, 0.717) is 11.6 Å². The Bertz CT molecular complexity index is 408. The summed E-state index contributed by atoms with van der Waals surface area (Å²) in [5, 5.41) is 10.2. The molecule has 0 aliphatic heterocycles. The molecule has 0 amide bonds. The predicted molar refractivity (Wildman–Crippen MR) is 65.3 cm³/mol. The van der Waals surface area contributed by atoms with Gasteiger partial charge in [-0.25, -0.2) is 0 Å². The molecule has 1 aromatic rings. The van der Waals surface area contributed by atoms with Gasteiger partial charge in [0.2, 0.25) is 0 Å². The number of hydrogen-bond donors (Lipinski definition) is 1. The molecule has 1 aromatic heterocycles. The van der Waals surface area contributed by atoms with Gasteiger partial charge in [-0.2, -0.15) is 13.2 Å². The number of rotatable bonds is 2. The third kappa shape index (κ3) is 3.47. The van der Waals surface area contributed by atoms with Crippen LogP contribution >= 0.6 is 0 Å². The van der Waals surface area contributed by atoms with Crippen LogP contribution in [0.3, 0.4) is 0 Å². The zero-order valence-corrected chi connectivity index (χ0v) is 10.8. The van der Waals surface area contributed by atoms with Gasteiger partial charge < -0.3 is 5.11 Å². The normalized spacial score (nSPS) is 26.2. The predicted octanol–water partition coefficient (Wildman–Crippen LogP) is 3.96. The minimum absolute atomic E-state index is 0.112. The first-order chi connectivity index (χ1) is 8.88. The number of aliphatic hydroxyl groups is 1. The van der Waals surface area contributed by atoms with Crippen molar-refractivity contribution in [3.05, 3.63) is 29.6 Å². The first-order valence-electron chi connectivity index (χ1n) is 6.59. The minimum Gasteiger partial charge on any atom is -0.387 e. The lowest BCUT2D eigenvalue weighted by Gasteiger charge is -2.29. The Morgan fingerprint density at radius 2 is 1.84 bits per heavy atom. The molecule has 1 aliphatic carbocycles. The van der Waals surface area contributed by atoms with Crippen LogP contribution in [0, 0.1) is 11.8 Å². The second kappa shape index (κ2) is 5.49. The van der Waals surface area contributed by atoms with Gasteiger partial charge in [-0.3, -0.25) is 4.98 Å². The Kier molecular flexibility index (Phi) is 4.13. The molecule has 0 spiro atoms. The highest BCUT2D eigenvalue weighted by atomic mass is 19.4. The average molecular weight is 273 g/mol. The zero-order valence-electron chi connectivity index (χ0n) is 10.8. The van der Waals surface area contributed by atoms with Gasteiger partial charge in [0.05, 0.1) is 17.4 Å². The van der Waals surface area contributed by atoms with E-state index < -0.39 is 17.8 Å². The van der Waals surface area contributed by atoms with Crippen LogP contribution < -0.4 is 0 Å². The van der Waals surface area contributed by atoms with E-state index in [1.54, 1.807) is 0 Å². The van der Waals surface area contributed by atoms with Gasteiger partial charge in [-0.15, -0.1) is 0 Å². The highest BCUT2D eigenvalue weighted by molar-refractivity contribution is 5.18. The summed E-state index contributed by atoms with van der Waals surface area (Å²) in [6.07, 6.45) is -0.406. The lowest BCUT2D eigenvalue weighted by molar-refractivity contribution is -0.137. The van der Waals surface area contributed by atoms with E-state index in [1.165, 1.54) is 6.07 Å². The lowest BCUT2D eigenvalue weighted by Crippen LogP contribution is -2.20. The van der Waals surface area contributed by atoms with Gasteiger partial charge in [0, 0.05) is 6.20 Å². The fourth-order valence-corrected chi connectivity index (χ4v) is 2.59. The third-order valence-electron chi connectivity index (χ3n) is 3.92. The van der Waals surface area contributed by atoms with Crippen molar-refractivity contribution in [1.29, 1.82) is 0 Å². The van der Waals surface area contributed by atoms with E-state index in [1.807, 2.05) is 0 Å². The summed E-state index contributed by atoms with van der Waals surface area (Å²) in [5.74, 6) is 0.782. The van der Waals surface area contributed by atoms with Crippen LogP contribution in [0.25, 0.3) is 0 Å². The van der Waals surface area contributed by atoms with Gasteiger partial charge in [-0.1, -0.05) is 19.8 Å². The first-order valence-corrected chi connectivity index (χ1v) is 6.59. The Morgan fingerprint density at radius 1 is 1.21 bits per heavy atom. The molecule has 19 heavy (non-hydrogen) atoms. The largest absolute Gasteiger partial charge is 0.417 e. The molecule has 0 saturated heterocycles. The Labute approximate surface area is 110 Å². The molecule has 2 nitrogen and oxygen atoms in total. The summed E-state index contributed by atoms with van der Waals surface area (Å²) in [6.45, 7) is 2.18. The lowest BCUT2D eigenvalue weighted by atomic mass is 9.79. The first kappa shape index (κ1) is 14.3. The number of nitrogens with zero attached hydrogens (tertiary/aromatic N) is 1. The van der Waals surface area contributed by atoms with Crippen LogP contribution in [0.1, 0.15) is 50.0 Å². The third-order valence-corrected chi connectivity index (χ3v) is 3.92. The van der Waals surface area contributed by atoms with Crippen LogP contribution in [-0.4, -0.2) is 10.1 Å². The van der Waals surface area contributed by atoms with Crippen LogP contribution in [0.4, 0.5) is 13.2 Å². The van der Waals surface area contributed by atoms with E-state index in [-0.39, 0.29) is 5.92 Å². The van der Waals surface area contributed by atoms with E-state index in [4.69, 9.17) is 0 Å². The molecule has 1 N–H and O–H groups in total. The fourth-order valence-electron chi connectivity index (χ4n) is 2.59. The highest BCUT2D eigenvalue weighted by Crippen LogP contribution is 2.36. The molecule has 0 aromatic carbocycles. The summed E-state index contributed by atoms with van der Waals surface area (Å²) < 4.78 is 37.2. The molecule has 1 heterocycles. The molecule has 0 radical (unpaired) electrons. The fraction of sp³-hybridized carbons (Fsp3) is 0.643. The van der Waals surface area contributed by atoms with Crippen molar-refractivity contribution in [2.24, 2.45) is 11.8 Å². The van der Waals surface area contributed by atoms with Crippen LogP contribution in [-0.2, 0) is 6.18 Å². The molecule has 0 bridgehead atoms. The summed E-state index contributed by atoms with van der Waals surface area (Å²) >= 11 is 0. The minimum atomic E-state index is -4.38. The molecule has 5 heteroatoms. The number of hydrogen-bond acceptors (Lipinski definition) is 2. The maximum absolute atomic E-state index is 12.4. The van der Waals surface area contributed by atoms with Gasteiger partial charge in [0.1, 0.15) is 0 Å².